The Labute approximate surface area is 146 Å². The molecule has 2 aliphatic heterocycles. The van der Waals surface area contributed by atoms with Crippen LogP contribution in [-0.4, -0.2) is 45.8 Å². The van der Waals surface area contributed by atoms with Crippen molar-refractivity contribution in [1.82, 2.24) is 20.0 Å². The summed E-state index contributed by atoms with van der Waals surface area (Å²) < 4.78 is 11.6. The molecule has 0 radical (unpaired) electrons. The maximum atomic E-state index is 6.18. The third-order valence-corrected chi connectivity index (χ3v) is 5.95. The van der Waals surface area contributed by atoms with Crippen molar-refractivity contribution in [1.29, 1.82) is 0 Å². The van der Waals surface area contributed by atoms with E-state index >= 15 is 0 Å². The number of hydrogen-bond acceptors (Lipinski definition) is 7. The molecule has 2 aliphatic rings. The van der Waals surface area contributed by atoms with Gasteiger partial charge in [0.25, 0.3) is 0 Å². The summed E-state index contributed by atoms with van der Waals surface area (Å²) in [6.45, 7) is 6.00. The van der Waals surface area contributed by atoms with Crippen LogP contribution in [0.2, 0.25) is 0 Å². The molecular weight excluding hydrogens is 324 g/mol. The van der Waals surface area contributed by atoms with Crippen molar-refractivity contribution >= 4 is 11.3 Å². The molecule has 0 unspecified atom stereocenters. The Hall–Kier alpha value is -1.31. The third kappa shape index (κ3) is 3.53. The zero-order valence-corrected chi connectivity index (χ0v) is 14.9. The zero-order chi connectivity index (χ0) is 16.4. The molecule has 0 amide bonds. The Morgan fingerprint density at radius 3 is 2.88 bits per heavy atom. The van der Waals surface area contributed by atoms with Gasteiger partial charge >= 0.3 is 0 Å². The minimum Gasteiger partial charge on any atom is -0.377 e. The highest BCUT2D eigenvalue weighted by atomic mass is 32.1. The fraction of sp³-hybridized carbons (Fsp3) is 0.706. The monoisotopic (exact) mass is 348 g/mol. The van der Waals surface area contributed by atoms with E-state index in [1.165, 1.54) is 17.7 Å². The molecule has 0 N–H and O–H groups in total. The van der Waals surface area contributed by atoms with E-state index < -0.39 is 0 Å². The molecule has 0 bridgehead atoms. The van der Waals surface area contributed by atoms with Crippen LogP contribution < -0.4 is 0 Å². The zero-order valence-electron chi connectivity index (χ0n) is 14.1. The van der Waals surface area contributed by atoms with Gasteiger partial charge in [0.15, 0.2) is 5.82 Å². The number of piperidine rings is 1. The molecule has 7 heteroatoms. The smallest absolute Gasteiger partial charge is 0.232 e. The summed E-state index contributed by atoms with van der Waals surface area (Å²) in [5, 5.41) is 3.97. The second-order valence-corrected chi connectivity index (χ2v) is 7.82. The third-order valence-electron chi connectivity index (χ3n) is 5.19. The summed E-state index contributed by atoms with van der Waals surface area (Å²) in [6.07, 6.45) is 6.72. The topological polar surface area (TPSA) is 64.3 Å². The molecule has 0 spiro atoms. The number of thiazole rings is 1. The van der Waals surface area contributed by atoms with Crippen LogP contribution in [0.1, 0.15) is 48.2 Å². The Kier molecular flexibility index (Phi) is 4.91. The molecule has 4 rings (SSSR count). The van der Waals surface area contributed by atoms with Gasteiger partial charge in [-0.2, -0.15) is 4.98 Å². The van der Waals surface area contributed by atoms with Crippen LogP contribution >= 0.6 is 11.3 Å². The van der Waals surface area contributed by atoms with Crippen LogP contribution in [0.15, 0.2) is 16.2 Å². The van der Waals surface area contributed by atoms with Crippen molar-refractivity contribution in [2.75, 3.05) is 19.7 Å². The van der Waals surface area contributed by atoms with Crippen molar-refractivity contribution in [3.8, 4) is 0 Å². The SMILES string of the molecule is Cc1noc([C@@H]2CCCO[C@H]2C2CCN(Cc3cncs3)CC2)n1. The van der Waals surface area contributed by atoms with Gasteiger partial charge in [-0.1, -0.05) is 5.16 Å². The lowest BCUT2D eigenvalue weighted by molar-refractivity contribution is -0.0584. The quantitative estimate of drug-likeness (QED) is 0.846. The second kappa shape index (κ2) is 7.29. The first-order chi connectivity index (χ1) is 11.8. The van der Waals surface area contributed by atoms with Gasteiger partial charge in [-0.05, 0) is 51.6 Å². The van der Waals surface area contributed by atoms with E-state index in [4.69, 9.17) is 9.26 Å². The molecule has 24 heavy (non-hydrogen) atoms. The first-order valence-electron chi connectivity index (χ1n) is 8.81. The summed E-state index contributed by atoms with van der Waals surface area (Å²) in [6, 6.07) is 0. The molecule has 0 aliphatic carbocycles. The van der Waals surface area contributed by atoms with E-state index in [0.29, 0.717) is 11.7 Å². The maximum absolute atomic E-state index is 6.18. The summed E-state index contributed by atoms with van der Waals surface area (Å²) in [5.74, 6) is 2.33. The van der Waals surface area contributed by atoms with Crippen LogP contribution in [-0.2, 0) is 11.3 Å². The van der Waals surface area contributed by atoms with Gasteiger partial charge in [-0.3, -0.25) is 9.88 Å². The summed E-state index contributed by atoms with van der Waals surface area (Å²) in [4.78, 5) is 12.5. The number of nitrogens with zero attached hydrogens (tertiary/aromatic N) is 4. The fourth-order valence-corrected chi connectivity index (χ4v) is 4.61. The number of rotatable bonds is 4. The number of likely N-dealkylation sites (tertiary alicyclic amines) is 1. The van der Waals surface area contributed by atoms with Crippen LogP contribution in [0.5, 0.6) is 0 Å². The highest BCUT2D eigenvalue weighted by molar-refractivity contribution is 7.09. The van der Waals surface area contributed by atoms with Gasteiger partial charge in [0, 0.05) is 24.2 Å². The summed E-state index contributed by atoms with van der Waals surface area (Å²) in [7, 11) is 0. The van der Waals surface area contributed by atoms with Gasteiger partial charge in [0.2, 0.25) is 5.89 Å². The predicted molar refractivity (Wildman–Crippen MR) is 90.9 cm³/mol. The molecule has 4 heterocycles. The minimum absolute atomic E-state index is 0.226. The highest BCUT2D eigenvalue weighted by Crippen LogP contribution is 2.38. The van der Waals surface area contributed by atoms with Crippen LogP contribution in [0.25, 0.3) is 0 Å². The average molecular weight is 348 g/mol. The van der Waals surface area contributed by atoms with Crippen LogP contribution in [0.3, 0.4) is 0 Å². The number of hydrogen-bond donors (Lipinski definition) is 0. The Balaban J connectivity index is 1.38. The first kappa shape index (κ1) is 16.2. The number of aryl methyl sites for hydroxylation is 1. The van der Waals surface area contributed by atoms with E-state index in [2.05, 4.69) is 20.0 Å². The van der Waals surface area contributed by atoms with Gasteiger partial charge in [0.1, 0.15) is 0 Å². The Bertz CT molecular complexity index is 637. The number of aromatic nitrogens is 3. The van der Waals surface area contributed by atoms with E-state index in [1.54, 1.807) is 11.3 Å². The van der Waals surface area contributed by atoms with Gasteiger partial charge in [0.05, 0.1) is 17.5 Å². The van der Waals surface area contributed by atoms with Crippen molar-refractivity contribution in [3.63, 3.8) is 0 Å². The highest BCUT2D eigenvalue weighted by Gasteiger charge is 2.38. The van der Waals surface area contributed by atoms with Gasteiger partial charge in [-0.25, -0.2) is 0 Å². The minimum atomic E-state index is 0.226. The molecule has 6 nitrogen and oxygen atoms in total. The lowest BCUT2D eigenvalue weighted by atomic mass is 9.80. The van der Waals surface area contributed by atoms with E-state index in [0.717, 1.165) is 45.0 Å². The summed E-state index contributed by atoms with van der Waals surface area (Å²) in [5.41, 5.74) is 1.91. The molecule has 0 saturated carbocycles. The Morgan fingerprint density at radius 2 is 2.17 bits per heavy atom. The molecule has 0 aromatic carbocycles. The van der Waals surface area contributed by atoms with Crippen molar-refractivity contribution in [2.45, 2.75) is 51.2 Å². The summed E-state index contributed by atoms with van der Waals surface area (Å²) >= 11 is 1.74. The lowest BCUT2D eigenvalue weighted by Gasteiger charge is -2.40. The van der Waals surface area contributed by atoms with E-state index in [1.807, 2.05) is 18.6 Å². The Morgan fingerprint density at radius 1 is 1.29 bits per heavy atom. The molecule has 130 valence electrons. The van der Waals surface area contributed by atoms with Crippen molar-refractivity contribution in [2.24, 2.45) is 5.92 Å². The van der Waals surface area contributed by atoms with Crippen LogP contribution in [0, 0.1) is 12.8 Å². The normalized spacial score (nSPS) is 26.7. The maximum Gasteiger partial charge on any atom is 0.232 e. The second-order valence-electron chi connectivity index (χ2n) is 6.85. The molecule has 2 saturated heterocycles. The number of ether oxygens (including phenoxy) is 1. The molecule has 2 aromatic heterocycles. The predicted octanol–water partition coefficient (Wildman–Crippen LogP) is 3.01. The molecule has 2 fully saturated rings. The van der Waals surface area contributed by atoms with Crippen molar-refractivity contribution in [3.05, 3.63) is 28.3 Å². The molecular formula is C17H24N4O2S. The van der Waals surface area contributed by atoms with Crippen molar-refractivity contribution < 1.29 is 9.26 Å². The average Bonchev–Trinajstić information content (AvgIpc) is 3.27. The molecule has 2 atom stereocenters. The molecule has 2 aromatic rings. The van der Waals surface area contributed by atoms with E-state index in [9.17, 15) is 0 Å². The first-order valence-corrected chi connectivity index (χ1v) is 9.69. The fourth-order valence-electron chi connectivity index (χ4n) is 3.98. The lowest BCUT2D eigenvalue weighted by Crippen LogP contribution is -2.42. The standard InChI is InChI=1S/C17H24N4O2S/c1-12-19-17(23-20-12)15-3-2-8-22-16(15)13-4-6-21(7-5-13)10-14-9-18-11-24-14/h9,11,13,15-16H,2-8,10H2,1H3/t15-,16+/m1/s1. The van der Waals surface area contributed by atoms with Crippen LogP contribution in [0.4, 0.5) is 0 Å². The van der Waals surface area contributed by atoms with Gasteiger partial charge < -0.3 is 9.26 Å². The largest absolute Gasteiger partial charge is 0.377 e. The van der Waals surface area contributed by atoms with Gasteiger partial charge in [-0.15, -0.1) is 11.3 Å². The van der Waals surface area contributed by atoms with E-state index in [-0.39, 0.29) is 12.0 Å².